The van der Waals surface area contributed by atoms with E-state index in [1.165, 1.54) is 6.07 Å². The molecule has 1 aliphatic rings. The average molecular weight is 619 g/mol. The Kier molecular flexibility index (Phi) is 8.52. The minimum atomic E-state index is -3.98. The van der Waals surface area contributed by atoms with E-state index in [-0.39, 0.29) is 29.5 Å². The maximum absolute atomic E-state index is 13.3. The molecule has 45 heavy (non-hydrogen) atoms. The van der Waals surface area contributed by atoms with Crippen molar-refractivity contribution in [2.45, 2.75) is 48.8 Å². The zero-order valence-electron chi connectivity index (χ0n) is 24.8. The Labute approximate surface area is 263 Å². The van der Waals surface area contributed by atoms with Gasteiger partial charge in [-0.1, -0.05) is 97.9 Å². The zero-order valence-corrected chi connectivity index (χ0v) is 25.7. The summed E-state index contributed by atoms with van der Waals surface area (Å²) < 4.78 is 36.3. The molecule has 1 aliphatic heterocycles. The fourth-order valence-electron chi connectivity index (χ4n) is 6.34. The molecule has 0 amide bonds. The van der Waals surface area contributed by atoms with Gasteiger partial charge in [0.1, 0.15) is 11.9 Å². The van der Waals surface area contributed by atoms with Crippen LogP contribution in [0.4, 0.5) is 5.69 Å². The smallest absolute Gasteiger partial charge is 0.279 e. The van der Waals surface area contributed by atoms with Crippen molar-refractivity contribution in [2.75, 3.05) is 4.72 Å². The van der Waals surface area contributed by atoms with Crippen molar-refractivity contribution in [1.82, 2.24) is 4.98 Å². The molecule has 2 atom stereocenters. The second kappa shape index (κ2) is 12.7. The third kappa shape index (κ3) is 5.99. The van der Waals surface area contributed by atoms with Crippen molar-refractivity contribution in [3.63, 3.8) is 0 Å². The molecular weight excluding hydrogens is 584 g/mol. The predicted molar refractivity (Wildman–Crippen MR) is 176 cm³/mol. The second-order valence-electron chi connectivity index (χ2n) is 11.2. The molecule has 7 nitrogen and oxygen atoms in total. The van der Waals surface area contributed by atoms with Gasteiger partial charge in [-0.15, -0.1) is 0 Å². The predicted octanol–water partition coefficient (Wildman–Crippen LogP) is 7.66. The van der Waals surface area contributed by atoms with E-state index in [2.05, 4.69) is 9.71 Å². The molecule has 6 rings (SSSR count). The van der Waals surface area contributed by atoms with Gasteiger partial charge in [0, 0.05) is 35.4 Å². The van der Waals surface area contributed by atoms with Crippen LogP contribution in [0.15, 0.2) is 138 Å². The van der Waals surface area contributed by atoms with Crippen LogP contribution in [0.2, 0.25) is 0 Å². The van der Waals surface area contributed by atoms with Crippen molar-refractivity contribution in [1.29, 1.82) is 0 Å². The van der Waals surface area contributed by atoms with Crippen LogP contribution >= 0.6 is 0 Å². The summed E-state index contributed by atoms with van der Waals surface area (Å²) in [5, 5.41) is 12.6. The van der Waals surface area contributed by atoms with Gasteiger partial charge in [0.15, 0.2) is 5.03 Å². The normalized spacial score (nSPS) is 17.1. The van der Waals surface area contributed by atoms with Crippen LogP contribution in [0.5, 0.6) is 0 Å². The van der Waals surface area contributed by atoms with Crippen molar-refractivity contribution in [3.05, 3.63) is 149 Å². The van der Waals surface area contributed by atoms with Crippen molar-refractivity contribution in [3.8, 4) is 0 Å². The summed E-state index contributed by atoms with van der Waals surface area (Å²) in [5.41, 5.74) is 3.14. The zero-order chi connectivity index (χ0) is 31.4. The van der Waals surface area contributed by atoms with E-state index >= 15 is 0 Å². The molecule has 2 unspecified atom stereocenters. The van der Waals surface area contributed by atoms with E-state index in [9.17, 15) is 18.3 Å². The summed E-state index contributed by atoms with van der Waals surface area (Å²) in [4.78, 5) is 16.4. The Morgan fingerprint density at radius 1 is 0.911 bits per heavy atom. The monoisotopic (exact) mass is 618 g/mol. The summed E-state index contributed by atoms with van der Waals surface area (Å²) in [5.74, 6) is -0.165. The van der Waals surface area contributed by atoms with Gasteiger partial charge in [-0.05, 0) is 53.4 Å². The van der Waals surface area contributed by atoms with Gasteiger partial charge in [0.05, 0.1) is 17.4 Å². The number of fused-ring (bicyclic) bond motifs is 1. The number of benzene rings is 4. The summed E-state index contributed by atoms with van der Waals surface area (Å²) in [6.07, 6.45) is 0.936. The number of hydrogen-bond donors (Lipinski definition) is 2. The Balaban J connectivity index is 1.37. The van der Waals surface area contributed by atoms with E-state index in [4.69, 9.17) is 4.74 Å². The molecule has 0 bridgehead atoms. The van der Waals surface area contributed by atoms with Crippen molar-refractivity contribution in [2.24, 2.45) is 0 Å². The standard InChI is InChI=1S/C37H34N2O5S/c1-2-31(27-13-11-18-30(24-27)39-45(42,43)35-21-20-26-12-9-10-19-32(26)38-35)36-33(41)25-37(44-34(36)22-23-40,28-14-5-3-6-15-28)29-16-7-4-8-17-29/h3-21,23-24,31,34,39,41H,2,22,25H2,1H3. The van der Waals surface area contributed by atoms with E-state index < -0.39 is 21.7 Å². The van der Waals surface area contributed by atoms with E-state index in [1.54, 1.807) is 30.3 Å². The molecule has 0 aliphatic carbocycles. The van der Waals surface area contributed by atoms with Gasteiger partial charge in [0.2, 0.25) is 0 Å². The number of aliphatic hydroxyl groups excluding tert-OH is 1. The van der Waals surface area contributed by atoms with E-state index in [1.807, 2.05) is 91.9 Å². The number of carbonyl (C=O) groups excluding carboxylic acids is 1. The number of rotatable bonds is 10. The summed E-state index contributed by atoms with van der Waals surface area (Å²) in [6, 6.07) is 37.2. The van der Waals surface area contributed by atoms with Crippen LogP contribution in [0, 0.1) is 0 Å². The Morgan fingerprint density at radius 2 is 1.58 bits per heavy atom. The van der Waals surface area contributed by atoms with Gasteiger partial charge in [-0.2, -0.15) is 8.42 Å². The number of ether oxygens (including phenoxy) is 1. The Morgan fingerprint density at radius 3 is 2.24 bits per heavy atom. The average Bonchev–Trinajstić information content (AvgIpc) is 3.07. The number of para-hydroxylation sites is 1. The van der Waals surface area contributed by atoms with Crippen LogP contribution in [-0.4, -0.2) is 30.9 Å². The Bertz CT molecular complexity index is 1920. The fraction of sp³-hybridized carbons (Fsp3) is 0.189. The molecule has 0 saturated carbocycles. The lowest BCUT2D eigenvalue weighted by atomic mass is 9.75. The summed E-state index contributed by atoms with van der Waals surface area (Å²) in [6.45, 7) is 2.00. The number of nitrogens with zero attached hydrogens (tertiary/aromatic N) is 1. The van der Waals surface area contributed by atoms with Crippen LogP contribution < -0.4 is 4.72 Å². The third-order valence-corrected chi connectivity index (χ3v) is 9.69. The molecule has 228 valence electrons. The van der Waals surface area contributed by atoms with Crippen LogP contribution in [0.25, 0.3) is 10.9 Å². The molecule has 1 aromatic heterocycles. The van der Waals surface area contributed by atoms with Crippen LogP contribution in [0.3, 0.4) is 0 Å². The van der Waals surface area contributed by atoms with E-state index in [0.717, 1.165) is 28.4 Å². The first kappa shape index (κ1) is 30.2. The molecular formula is C37H34N2O5S. The molecule has 0 radical (unpaired) electrons. The van der Waals surface area contributed by atoms with E-state index in [0.29, 0.717) is 23.2 Å². The third-order valence-electron chi connectivity index (χ3n) is 8.40. The maximum Gasteiger partial charge on any atom is 0.279 e. The number of aldehydes is 1. The van der Waals surface area contributed by atoms with Crippen LogP contribution in [0.1, 0.15) is 48.8 Å². The molecule has 8 heteroatoms. The van der Waals surface area contributed by atoms with Crippen molar-refractivity contribution >= 4 is 32.9 Å². The first-order valence-corrected chi connectivity index (χ1v) is 16.5. The number of sulfonamides is 1. The second-order valence-corrected chi connectivity index (χ2v) is 12.8. The lowest BCUT2D eigenvalue weighted by molar-refractivity contribution is -0.116. The topological polar surface area (TPSA) is 106 Å². The molecule has 0 spiro atoms. The van der Waals surface area contributed by atoms with Gasteiger partial charge < -0.3 is 14.6 Å². The van der Waals surface area contributed by atoms with Crippen molar-refractivity contribution < 1.29 is 23.1 Å². The minimum absolute atomic E-state index is 0.0528. The van der Waals surface area contributed by atoms with Gasteiger partial charge in [-0.3, -0.25) is 4.72 Å². The molecule has 4 aromatic carbocycles. The van der Waals surface area contributed by atoms with Gasteiger partial charge in [-0.25, -0.2) is 4.98 Å². The fourth-order valence-corrected chi connectivity index (χ4v) is 7.35. The number of carbonyl (C=O) groups is 1. The van der Waals surface area contributed by atoms with Gasteiger partial charge in [0.25, 0.3) is 10.0 Å². The maximum atomic E-state index is 13.3. The Hall–Kier alpha value is -4.79. The largest absolute Gasteiger partial charge is 0.512 e. The summed E-state index contributed by atoms with van der Waals surface area (Å²) in [7, 11) is -3.98. The van der Waals surface area contributed by atoms with Gasteiger partial charge >= 0.3 is 0 Å². The molecule has 5 aromatic rings. The number of aliphatic hydroxyl groups is 1. The highest BCUT2D eigenvalue weighted by molar-refractivity contribution is 7.92. The highest BCUT2D eigenvalue weighted by atomic mass is 32.2. The lowest BCUT2D eigenvalue weighted by Crippen LogP contribution is -2.42. The highest BCUT2D eigenvalue weighted by Gasteiger charge is 2.45. The first-order chi connectivity index (χ1) is 21.8. The minimum Gasteiger partial charge on any atom is -0.512 e. The number of pyridine rings is 1. The highest BCUT2D eigenvalue weighted by Crippen LogP contribution is 2.49. The number of aromatic nitrogens is 1. The molecule has 2 N–H and O–H groups in total. The van der Waals surface area contributed by atoms with Crippen LogP contribution in [-0.2, 0) is 25.2 Å². The number of anilines is 1. The molecule has 2 heterocycles. The molecule has 0 saturated heterocycles. The lowest BCUT2D eigenvalue weighted by Gasteiger charge is -2.44. The quantitative estimate of drug-likeness (QED) is 0.156. The summed E-state index contributed by atoms with van der Waals surface area (Å²) >= 11 is 0. The SMILES string of the molecule is CCC(C1=C(O)CC(c2ccccc2)(c2ccccc2)OC1CC=O)c1cccc(NS(=O)(=O)c2ccc3ccccc3n2)c1. The number of nitrogens with one attached hydrogen (secondary N) is 1. The number of hydrogen-bond acceptors (Lipinski definition) is 6. The first-order valence-electron chi connectivity index (χ1n) is 15.0. The molecule has 0 fully saturated rings.